The summed E-state index contributed by atoms with van der Waals surface area (Å²) in [7, 11) is 0. The average Bonchev–Trinajstić information content (AvgIpc) is 3.28. The summed E-state index contributed by atoms with van der Waals surface area (Å²) in [6, 6.07) is 27.0. The maximum atomic E-state index is 11.4. The molecule has 0 saturated carbocycles. The Morgan fingerprint density at radius 3 is 2.27 bits per heavy atom. The van der Waals surface area contributed by atoms with Crippen molar-refractivity contribution in [2.45, 2.75) is 32.2 Å². The molecule has 4 aromatic rings. The van der Waals surface area contributed by atoms with Gasteiger partial charge in [-0.1, -0.05) is 78.9 Å². The Balaban J connectivity index is 1.41. The smallest absolute Gasteiger partial charge is 0.308 e. The summed E-state index contributed by atoms with van der Waals surface area (Å²) in [5, 5.41) is 4.70. The van der Waals surface area contributed by atoms with Gasteiger partial charge in [-0.15, -0.1) is 0 Å². The molecule has 1 aliphatic rings. The fourth-order valence-electron chi connectivity index (χ4n) is 4.63. The highest BCUT2D eigenvalue weighted by molar-refractivity contribution is 5.72. The molecular weight excluding hydrogens is 408 g/mol. The summed E-state index contributed by atoms with van der Waals surface area (Å²) < 4.78 is 7.42. The topological polar surface area (TPSA) is 44.1 Å². The van der Waals surface area contributed by atoms with Gasteiger partial charge in [-0.3, -0.25) is 9.48 Å². The second-order valence-corrected chi connectivity index (χ2v) is 8.45. The van der Waals surface area contributed by atoms with Crippen LogP contribution in [-0.4, -0.2) is 15.7 Å². The number of hydrogen-bond acceptors (Lipinski definition) is 3. The van der Waals surface area contributed by atoms with Gasteiger partial charge >= 0.3 is 5.97 Å². The molecule has 0 unspecified atom stereocenters. The lowest BCUT2D eigenvalue weighted by molar-refractivity contribution is -0.131. The van der Waals surface area contributed by atoms with Crippen LogP contribution in [0.15, 0.2) is 96.8 Å². The third-order valence-corrected chi connectivity index (χ3v) is 6.10. The molecule has 0 amide bonds. The molecule has 1 aromatic heterocycles. The molecule has 4 nitrogen and oxygen atoms in total. The zero-order valence-electron chi connectivity index (χ0n) is 18.6. The second kappa shape index (κ2) is 9.29. The zero-order valence-corrected chi connectivity index (χ0v) is 18.6. The van der Waals surface area contributed by atoms with Crippen molar-refractivity contribution in [2.75, 3.05) is 0 Å². The minimum atomic E-state index is -0.284. The van der Waals surface area contributed by atoms with E-state index in [1.807, 2.05) is 23.0 Å². The molecule has 0 aliphatic heterocycles. The Hall–Kier alpha value is -3.92. The van der Waals surface area contributed by atoms with Gasteiger partial charge in [0, 0.05) is 30.2 Å². The second-order valence-electron chi connectivity index (χ2n) is 8.45. The standard InChI is InChI=1S/C29H26N2O2/c1-21(32)33-28-14-8-13-25-17-22(15-16-27(25)28)19-31-20-26(18-30-31)29(23-9-4-2-5-10-23)24-11-6-3-7-12-24/h2-14,17-18,20,29H,15-16,19H2,1H3. The molecule has 164 valence electrons. The molecule has 0 saturated heterocycles. The van der Waals surface area contributed by atoms with Gasteiger partial charge in [0.15, 0.2) is 0 Å². The van der Waals surface area contributed by atoms with E-state index in [4.69, 9.17) is 9.84 Å². The Morgan fingerprint density at radius 1 is 0.909 bits per heavy atom. The molecule has 1 heterocycles. The minimum Gasteiger partial charge on any atom is -0.426 e. The van der Waals surface area contributed by atoms with Crippen LogP contribution < -0.4 is 4.74 Å². The third-order valence-electron chi connectivity index (χ3n) is 6.10. The van der Waals surface area contributed by atoms with Crippen LogP contribution in [0.5, 0.6) is 5.75 Å². The van der Waals surface area contributed by atoms with Crippen LogP contribution in [0.2, 0.25) is 0 Å². The van der Waals surface area contributed by atoms with Crippen molar-refractivity contribution in [3.8, 4) is 5.75 Å². The van der Waals surface area contributed by atoms with Crippen molar-refractivity contribution in [3.05, 3.63) is 125 Å². The van der Waals surface area contributed by atoms with Gasteiger partial charge in [-0.25, -0.2) is 0 Å². The van der Waals surface area contributed by atoms with E-state index < -0.39 is 0 Å². The summed E-state index contributed by atoms with van der Waals surface area (Å²) in [5.41, 5.74) is 7.23. The van der Waals surface area contributed by atoms with Crippen molar-refractivity contribution in [1.29, 1.82) is 0 Å². The van der Waals surface area contributed by atoms with E-state index in [1.165, 1.54) is 29.2 Å². The fraction of sp³-hybridized carbons (Fsp3) is 0.172. The van der Waals surface area contributed by atoms with Gasteiger partial charge < -0.3 is 4.74 Å². The Bertz CT molecular complexity index is 1250. The molecule has 0 bridgehead atoms. The van der Waals surface area contributed by atoms with Crippen molar-refractivity contribution in [1.82, 2.24) is 9.78 Å². The number of aromatic nitrogens is 2. The minimum absolute atomic E-state index is 0.147. The van der Waals surface area contributed by atoms with Crippen LogP contribution in [-0.2, 0) is 17.8 Å². The van der Waals surface area contributed by atoms with Crippen molar-refractivity contribution < 1.29 is 9.53 Å². The lowest BCUT2D eigenvalue weighted by atomic mass is 9.87. The maximum absolute atomic E-state index is 11.4. The number of carbonyl (C=O) groups excluding carboxylic acids is 1. The fourth-order valence-corrected chi connectivity index (χ4v) is 4.63. The highest BCUT2D eigenvalue weighted by Crippen LogP contribution is 2.33. The van der Waals surface area contributed by atoms with Gasteiger partial charge in [0.2, 0.25) is 0 Å². The van der Waals surface area contributed by atoms with Gasteiger partial charge in [0.05, 0.1) is 12.7 Å². The van der Waals surface area contributed by atoms with E-state index in [1.54, 1.807) is 0 Å². The molecule has 0 N–H and O–H groups in total. The quantitative estimate of drug-likeness (QED) is 0.275. The van der Waals surface area contributed by atoms with Gasteiger partial charge in [-0.05, 0) is 41.2 Å². The Kier molecular flexibility index (Phi) is 5.90. The molecule has 0 atom stereocenters. The van der Waals surface area contributed by atoms with E-state index >= 15 is 0 Å². The third kappa shape index (κ3) is 4.65. The highest BCUT2D eigenvalue weighted by Gasteiger charge is 2.20. The van der Waals surface area contributed by atoms with Crippen LogP contribution >= 0.6 is 0 Å². The summed E-state index contributed by atoms with van der Waals surface area (Å²) in [4.78, 5) is 11.4. The number of hydrogen-bond donors (Lipinski definition) is 0. The number of ether oxygens (including phenoxy) is 1. The van der Waals surface area contributed by atoms with Crippen LogP contribution in [0, 0.1) is 0 Å². The predicted molar refractivity (Wildman–Crippen MR) is 130 cm³/mol. The number of esters is 1. The van der Waals surface area contributed by atoms with Crippen LogP contribution in [0.25, 0.3) is 6.08 Å². The first kappa shape index (κ1) is 21.0. The van der Waals surface area contributed by atoms with Crippen LogP contribution in [0.1, 0.15) is 47.1 Å². The first-order valence-corrected chi connectivity index (χ1v) is 11.3. The Morgan fingerprint density at radius 2 is 1.61 bits per heavy atom. The van der Waals surface area contributed by atoms with Gasteiger partial charge in [0.25, 0.3) is 0 Å². The largest absolute Gasteiger partial charge is 0.426 e. The van der Waals surface area contributed by atoms with E-state index in [2.05, 4.69) is 79.0 Å². The zero-order chi connectivity index (χ0) is 22.6. The first-order chi connectivity index (χ1) is 16.2. The molecule has 0 radical (unpaired) electrons. The van der Waals surface area contributed by atoms with E-state index in [0.29, 0.717) is 5.75 Å². The van der Waals surface area contributed by atoms with E-state index in [-0.39, 0.29) is 11.9 Å². The van der Waals surface area contributed by atoms with Gasteiger partial charge in [-0.2, -0.15) is 5.10 Å². The van der Waals surface area contributed by atoms with Crippen molar-refractivity contribution >= 4 is 12.0 Å². The van der Waals surface area contributed by atoms with Crippen molar-refractivity contribution in [2.24, 2.45) is 0 Å². The first-order valence-electron chi connectivity index (χ1n) is 11.3. The molecule has 33 heavy (non-hydrogen) atoms. The number of rotatable bonds is 6. The molecule has 0 spiro atoms. The van der Waals surface area contributed by atoms with Gasteiger partial charge in [0.1, 0.15) is 5.75 Å². The molecule has 5 rings (SSSR count). The van der Waals surface area contributed by atoms with Crippen LogP contribution in [0.4, 0.5) is 0 Å². The summed E-state index contributed by atoms with van der Waals surface area (Å²) in [6.07, 6.45) is 8.13. The Labute approximate surface area is 194 Å². The summed E-state index contributed by atoms with van der Waals surface area (Å²) >= 11 is 0. The normalized spacial score (nSPS) is 12.8. The lowest BCUT2D eigenvalue weighted by Gasteiger charge is -2.19. The highest BCUT2D eigenvalue weighted by atomic mass is 16.5. The number of allylic oxidation sites excluding steroid dienone is 1. The molecular formula is C29H26N2O2. The summed E-state index contributed by atoms with van der Waals surface area (Å²) in [5.74, 6) is 0.535. The molecule has 3 aromatic carbocycles. The number of nitrogens with zero attached hydrogens (tertiary/aromatic N) is 2. The maximum Gasteiger partial charge on any atom is 0.308 e. The van der Waals surface area contributed by atoms with E-state index in [9.17, 15) is 4.79 Å². The number of benzene rings is 3. The molecule has 4 heteroatoms. The average molecular weight is 435 g/mol. The van der Waals surface area contributed by atoms with Crippen LogP contribution in [0.3, 0.4) is 0 Å². The van der Waals surface area contributed by atoms with Crippen molar-refractivity contribution in [3.63, 3.8) is 0 Å². The van der Waals surface area contributed by atoms with E-state index in [0.717, 1.165) is 30.5 Å². The number of fused-ring (bicyclic) bond motifs is 1. The molecule has 0 fully saturated rings. The molecule has 1 aliphatic carbocycles. The monoisotopic (exact) mass is 434 g/mol. The summed E-state index contributed by atoms with van der Waals surface area (Å²) in [6.45, 7) is 2.18. The predicted octanol–water partition coefficient (Wildman–Crippen LogP) is 6.02. The number of carbonyl (C=O) groups is 1. The lowest BCUT2D eigenvalue weighted by Crippen LogP contribution is -2.10. The SMILES string of the molecule is CC(=O)Oc1cccc2c1CCC(Cn1cc(C(c3ccccc3)c3ccccc3)cn1)=C2.